The average Bonchev–Trinajstić information content (AvgIpc) is 3.23. The Morgan fingerprint density at radius 3 is 2.79 bits per heavy atom. The van der Waals surface area contributed by atoms with Crippen molar-refractivity contribution >= 4 is 5.91 Å². The number of ether oxygens (including phenoxy) is 1. The first-order valence-corrected chi connectivity index (χ1v) is 8.57. The first-order chi connectivity index (χ1) is 11.6. The average molecular weight is 327 g/mol. The summed E-state index contributed by atoms with van der Waals surface area (Å²) in [6, 6.07) is 10.0. The molecule has 0 spiro atoms. The Hall–Kier alpha value is -2.30. The van der Waals surface area contributed by atoms with Gasteiger partial charge >= 0.3 is 0 Å². The van der Waals surface area contributed by atoms with Gasteiger partial charge in [-0.3, -0.25) is 9.48 Å². The summed E-state index contributed by atoms with van der Waals surface area (Å²) in [6.07, 6.45) is 6.43. The predicted molar refractivity (Wildman–Crippen MR) is 92.9 cm³/mol. The van der Waals surface area contributed by atoms with Crippen LogP contribution in [0.5, 0.6) is 5.75 Å². The molecule has 1 saturated carbocycles. The molecule has 1 aliphatic carbocycles. The third kappa shape index (κ3) is 3.45. The van der Waals surface area contributed by atoms with Crippen molar-refractivity contribution in [1.29, 1.82) is 0 Å². The van der Waals surface area contributed by atoms with Crippen molar-refractivity contribution in [2.75, 3.05) is 7.11 Å². The third-order valence-corrected chi connectivity index (χ3v) is 4.94. The van der Waals surface area contributed by atoms with Crippen LogP contribution in [-0.4, -0.2) is 22.8 Å². The van der Waals surface area contributed by atoms with Crippen molar-refractivity contribution in [3.63, 3.8) is 0 Å². The standard InChI is InChI=1S/C19H25N3O2/c1-15-8-12-20-22(15)13-9-18(23)21-19(10-3-4-11-19)16-6-5-7-17(14-16)24-2/h5-8,12,14H,3-4,9-11,13H2,1-2H3,(H,21,23). The molecule has 0 unspecified atom stereocenters. The van der Waals surface area contributed by atoms with Crippen molar-refractivity contribution in [1.82, 2.24) is 15.1 Å². The summed E-state index contributed by atoms with van der Waals surface area (Å²) < 4.78 is 7.22. The van der Waals surface area contributed by atoms with E-state index in [1.165, 1.54) is 0 Å². The zero-order valence-corrected chi connectivity index (χ0v) is 14.4. The van der Waals surface area contributed by atoms with E-state index in [2.05, 4.69) is 16.5 Å². The van der Waals surface area contributed by atoms with Gasteiger partial charge in [-0.1, -0.05) is 25.0 Å². The Morgan fingerprint density at radius 2 is 2.12 bits per heavy atom. The summed E-state index contributed by atoms with van der Waals surface area (Å²) >= 11 is 0. The van der Waals surface area contributed by atoms with Gasteiger partial charge in [0.2, 0.25) is 5.91 Å². The SMILES string of the molecule is COc1cccc(C2(NC(=O)CCn3nccc3C)CCCC2)c1. The van der Waals surface area contributed by atoms with E-state index in [0.717, 1.165) is 42.7 Å². The lowest BCUT2D eigenvalue weighted by Crippen LogP contribution is -2.44. The highest BCUT2D eigenvalue weighted by Crippen LogP contribution is 2.39. The van der Waals surface area contributed by atoms with Gasteiger partial charge < -0.3 is 10.1 Å². The van der Waals surface area contributed by atoms with Crippen LogP contribution in [0.15, 0.2) is 36.5 Å². The van der Waals surface area contributed by atoms with Gasteiger partial charge in [0, 0.05) is 24.9 Å². The minimum atomic E-state index is -0.259. The smallest absolute Gasteiger partial charge is 0.222 e. The molecule has 0 radical (unpaired) electrons. The molecule has 1 aliphatic rings. The number of nitrogens with one attached hydrogen (secondary N) is 1. The fourth-order valence-corrected chi connectivity index (χ4v) is 3.55. The van der Waals surface area contributed by atoms with Crippen molar-refractivity contribution in [2.24, 2.45) is 0 Å². The fourth-order valence-electron chi connectivity index (χ4n) is 3.55. The summed E-state index contributed by atoms with van der Waals surface area (Å²) in [6.45, 7) is 2.61. The van der Waals surface area contributed by atoms with E-state index in [0.29, 0.717) is 13.0 Å². The van der Waals surface area contributed by atoms with Gasteiger partial charge in [0.1, 0.15) is 5.75 Å². The Labute approximate surface area is 143 Å². The molecule has 0 aliphatic heterocycles. The number of carbonyl (C=O) groups excluding carboxylic acids is 1. The van der Waals surface area contributed by atoms with E-state index in [4.69, 9.17) is 4.74 Å². The maximum Gasteiger partial charge on any atom is 0.222 e. The normalized spacial score (nSPS) is 16.1. The maximum absolute atomic E-state index is 12.6. The number of aryl methyl sites for hydroxylation is 2. The van der Waals surface area contributed by atoms with E-state index >= 15 is 0 Å². The number of benzene rings is 1. The summed E-state index contributed by atoms with van der Waals surface area (Å²) in [5, 5.41) is 7.54. The highest BCUT2D eigenvalue weighted by Gasteiger charge is 2.37. The quantitative estimate of drug-likeness (QED) is 0.886. The molecule has 1 heterocycles. The van der Waals surface area contributed by atoms with Crippen molar-refractivity contribution < 1.29 is 9.53 Å². The third-order valence-electron chi connectivity index (χ3n) is 4.94. The van der Waals surface area contributed by atoms with Crippen LogP contribution in [-0.2, 0) is 16.9 Å². The van der Waals surface area contributed by atoms with Gasteiger partial charge in [-0.25, -0.2) is 0 Å². The highest BCUT2D eigenvalue weighted by atomic mass is 16.5. The number of hydrogen-bond acceptors (Lipinski definition) is 3. The van der Waals surface area contributed by atoms with Gasteiger partial charge in [0.25, 0.3) is 0 Å². The van der Waals surface area contributed by atoms with Crippen LogP contribution >= 0.6 is 0 Å². The molecule has 0 saturated heterocycles. The first kappa shape index (κ1) is 16.6. The summed E-state index contributed by atoms with van der Waals surface area (Å²) in [5.41, 5.74) is 1.96. The van der Waals surface area contributed by atoms with E-state index < -0.39 is 0 Å². The predicted octanol–water partition coefficient (Wildman–Crippen LogP) is 3.18. The van der Waals surface area contributed by atoms with Crippen LogP contribution < -0.4 is 10.1 Å². The molecule has 128 valence electrons. The van der Waals surface area contributed by atoms with Gasteiger partial charge in [-0.15, -0.1) is 0 Å². The van der Waals surface area contributed by atoms with Crippen molar-refractivity contribution in [2.45, 2.75) is 51.1 Å². The molecule has 0 bridgehead atoms. The Kier molecular flexibility index (Phi) is 4.88. The number of rotatable bonds is 6. The lowest BCUT2D eigenvalue weighted by atomic mass is 9.87. The number of nitrogens with zero attached hydrogens (tertiary/aromatic N) is 2. The number of amides is 1. The minimum absolute atomic E-state index is 0.0784. The summed E-state index contributed by atoms with van der Waals surface area (Å²) in [4.78, 5) is 12.6. The topological polar surface area (TPSA) is 56.1 Å². The monoisotopic (exact) mass is 327 g/mol. The van der Waals surface area contributed by atoms with Gasteiger partial charge in [0.05, 0.1) is 12.6 Å². The van der Waals surface area contributed by atoms with E-state index in [1.54, 1.807) is 13.3 Å². The molecule has 1 aromatic carbocycles. The summed E-state index contributed by atoms with van der Waals surface area (Å²) in [7, 11) is 1.67. The van der Waals surface area contributed by atoms with Gasteiger partial charge in [0.15, 0.2) is 0 Å². The van der Waals surface area contributed by atoms with Gasteiger partial charge in [-0.2, -0.15) is 5.10 Å². The minimum Gasteiger partial charge on any atom is -0.497 e. The number of methoxy groups -OCH3 is 1. The zero-order valence-electron chi connectivity index (χ0n) is 14.4. The van der Waals surface area contributed by atoms with Gasteiger partial charge in [-0.05, 0) is 43.5 Å². The van der Waals surface area contributed by atoms with Crippen LogP contribution in [0, 0.1) is 6.92 Å². The second-order valence-corrected chi connectivity index (χ2v) is 6.52. The Bertz CT molecular complexity index is 702. The molecular formula is C19H25N3O2. The van der Waals surface area contributed by atoms with Crippen molar-refractivity contribution in [3.8, 4) is 5.75 Å². The molecule has 0 atom stereocenters. The van der Waals surface area contributed by atoms with E-state index in [-0.39, 0.29) is 11.4 Å². The number of aromatic nitrogens is 2. The van der Waals surface area contributed by atoms with Crippen molar-refractivity contribution in [3.05, 3.63) is 47.8 Å². The van der Waals surface area contributed by atoms with E-state index in [9.17, 15) is 4.79 Å². The van der Waals surface area contributed by atoms with Crippen LogP contribution in [0.3, 0.4) is 0 Å². The molecule has 5 heteroatoms. The molecule has 1 aromatic heterocycles. The van der Waals surface area contributed by atoms with Crippen LogP contribution in [0.1, 0.15) is 43.4 Å². The Morgan fingerprint density at radius 1 is 1.33 bits per heavy atom. The molecule has 3 rings (SSSR count). The second-order valence-electron chi connectivity index (χ2n) is 6.52. The summed E-state index contributed by atoms with van der Waals surface area (Å²) in [5.74, 6) is 0.912. The first-order valence-electron chi connectivity index (χ1n) is 8.57. The highest BCUT2D eigenvalue weighted by molar-refractivity contribution is 5.77. The fraction of sp³-hybridized carbons (Fsp3) is 0.474. The van der Waals surface area contributed by atoms with Crippen LogP contribution in [0.2, 0.25) is 0 Å². The maximum atomic E-state index is 12.6. The molecule has 5 nitrogen and oxygen atoms in total. The van der Waals surface area contributed by atoms with Crippen LogP contribution in [0.25, 0.3) is 0 Å². The zero-order chi connectivity index (χ0) is 17.0. The molecule has 1 fully saturated rings. The number of carbonyl (C=O) groups is 1. The lowest BCUT2D eigenvalue weighted by Gasteiger charge is -2.31. The lowest BCUT2D eigenvalue weighted by molar-refractivity contribution is -0.123. The molecular weight excluding hydrogens is 302 g/mol. The molecule has 1 amide bonds. The molecule has 2 aromatic rings. The van der Waals surface area contributed by atoms with Crippen LogP contribution in [0.4, 0.5) is 0 Å². The molecule has 1 N–H and O–H groups in total. The second kappa shape index (κ2) is 7.07. The largest absolute Gasteiger partial charge is 0.497 e. The Balaban J connectivity index is 1.71. The van der Waals surface area contributed by atoms with E-state index in [1.807, 2.05) is 35.9 Å². The number of hydrogen-bond donors (Lipinski definition) is 1. The molecule has 24 heavy (non-hydrogen) atoms.